The fourth-order valence-corrected chi connectivity index (χ4v) is 2.64. The summed E-state index contributed by atoms with van der Waals surface area (Å²) in [7, 11) is 0. The third kappa shape index (κ3) is 5.45. The van der Waals surface area contributed by atoms with E-state index in [4.69, 9.17) is 15.2 Å². The van der Waals surface area contributed by atoms with Gasteiger partial charge in [0.05, 0.1) is 34.1 Å². The van der Waals surface area contributed by atoms with Crippen LogP contribution in [0.25, 0.3) is 11.3 Å². The summed E-state index contributed by atoms with van der Waals surface area (Å²) in [6, 6.07) is 7.64. The zero-order valence-electron chi connectivity index (χ0n) is 17.5. The number of hydrogen-bond acceptors (Lipinski definition) is 8. The van der Waals surface area contributed by atoms with Gasteiger partial charge in [-0.3, -0.25) is 20.4 Å². The number of nitrogens with zero attached hydrogens (tertiary/aromatic N) is 3. The van der Waals surface area contributed by atoms with Crippen LogP contribution in [0.4, 0.5) is 26.4 Å². The van der Waals surface area contributed by atoms with Gasteiger partial charge in [0.1, 0.15) is 17.2 Å². The molecule has 3 aromatic rings. The SMILES string of the molecule is CC(C)(C)OC(=O)Nc1ccc(-c2c(Oc3ccc([N+](=O)[O-])cc3F)ccnc2N)nc1. The van der Waals surface area contributed by atoms with E-state index in [9.17, 15) is 19.3 Å². The van der Waals surface area contributed by atoms with Gasteiger partial charge in [-0.2, -0.15) is 0 Å². The molecule has 0 atom stereocenters. The fourth-order valence-electron chi connectivity index (χ4n) is 2.64. The lowest BCUT2D eigenvalue weighted by atomic mass is 10.1. The van der Waals surface area contributed by atoms with Gasteiger partial charge in [-0.15, -0.1) is 0 Å². The maximum atomic E-state index is 14.3. The molecule has 0 radical (unpaired) electrons. The lowest BCUT2D eigenvalue weighted by Crippen LogP contribution is -2.27. The highest BCUT2D eigenvalue weighted by molar-refractivity contribution is 5.85. The van der Waals surface area contributed by atoms with Crippen LogP contribution in [0.1, 0.15) is 20.8 Å². The van der Waals surface area contributed by atoms with Crippen LogP contribution in [-0.4, -0.2) is 26.6 Å². The van der Waals surface area contributed by atoms with Crippen LogP contribution >= 0.6 is 0 Å². The number of aromatic nitrogens is 2. The van der Waals surface area contributed by atoms with Gasteiger partial charge in [0, 0.05) is 12.3 Å². The second-order valence-corrected chi connectivity index (χ2v) is 7.60. The molecule has 0 saturated carbocycles. The van der Waals surface area contributed by atoms with E-state index < -0.39 is 28.1 Å². The highest BCUT2D eigenvalue weighted by Gasteiger charge is 2.19. The number of carbonyl (C=O) groups excluding carboxylic acids is 1. The second kappa shape index (κ2) is 8.84. The first-order valence-electron chi connectivity index (χ1n) is 9.36. The molecule has 2 aromatic heterocycles. The molecular weight excluding hydrogens is 421 g/mol. The van der Waals surface area contributed by atoms with E-state index in [0.717, 1.165) is 18.2 Å². The minimum absolute atomic E-state index is 0.0742. The largest absolute Gasteiger partial charge is 0.453 e. The topological polar surface area (TPSA) is 142 Å². The van der Waals surface area contributed by atoms with Crippen LogP contribution < -0.4 is 15.8 Å². The lowest BCUT2D eigenvalue weighted by Gasteiger charge is -2.19. The number of nitrogens with one attached hydrogen (secondary N) is 1. The van der Waals surface area contributed by atoms with Gasteiger partial charge in [0.15, 0.2) is 11.6 Å². The molecule has 0 fully saturated rings. The summed E-state index contributed by atoms with van der Waals surface area (Å²) < 4.78 is 25.1. The Morgan fingerprint density at radius 1 is 1.16 bits per heavy atom. The van der Waals surface area contributed by atoms with Gasteiger partial charge >= 0.3 is 6.09 Å². The summed E-state index contributed by atoms with van der Waals surface area (Å²) in [5.74, 6) is -0.924. The van der Waals surface area contributed by atoms with E-state index in [2.05, 4.69) is 15.3 Å². The van der Waals surface area contributed by atoms with E-state index in [1.165, 1.54) is 18.5 Å². The van der Waals surface area contributed by atoms with Crippen LogP contribution in [-0.2, 0) is 4.74 Å². The molecule has 2 heterocycles. The predicted molar refractivity (Wildman–Crippen MR) is 115 cm³/mol. The average Bonchev–Trinajstić information content (AvgIpc) is 2.69. The zero-order valence-corrected chi connectivity index (χ0v) is 17.5. The molecule has 0 spiro atoms. The van der Waals surface area contributed by atoms with Crippen molar-refractivity contribution < 1.29 is 23.6 Å². The first-order chi connectivity index (χ1) is 15.0. The minimum Gasteiger partial charge on any atom is -0.453 e. The Balaban J connectivity index is 1.86. The molecule has 0 bridgehead atoms. The minimum atomic E-state index is -0.912. The standard InChI is InChI=1S/C21H20FN5O5/c1-21(2,3)32-20(28)26-12-4-6-15(25-11-12)18-17(8-9-24-19(18)23)31-16-7-5-13(27(29)30)10-14(16)22/h4-11H,1-3H3,(H2,23,24)(H,26,28). The number of nitro benzene ring substituents is 1. The number of pyridine rings is 2. The van der Waals surface area contributed by atoms with E-state index in [-0.39, 0.29) is 22.9 Å². The number of nitro groups is 1. The number of non-ortho nitro benzene ring substituents is 1. The summed E-state index contributed by atoms with van der Waals surface area (Å²) in [6.45, 7) is 5.23. The summed E-state index contributed by atoms with van der Waals surface area (Å²) in [5, 5.41) is 13.4. The molecule has 1 amide bonds. The molecule has 0 aliphatic rings. The van der Waals surface area contributed by atoms with Gasteiger partial charge in [-0.05, 0) is 45.0 Å². The Bertz CT molecular complexity index is 1160. The number of rotatable bonds is 5. The lowest BCUT2D eigenvalue weighted by molar-refractivity contribution is -0.385. The van der Waals surface area contributed by atoms with E-state index in [1.807, 2.05) is 0 Å². The maximum absolute atomic E-state index is 14.3. The maximum Gasteiger partial charge on any atom is 0.412 e. The molecule has 11 heteroatoms. The smallest absolute Gasteiger partial charge is 0.412 e. The number of nitrogens with two attached hydrogens (primary N) is 1. The molecule has 32 heavy (non-hydrogen) atoms. The Morgan fingerprint density at radius 2 is 1.91 bits per heavy atom. The fraction of sp³-hybridized carbons (Fsp3) is 0.190. The van der Waals surface area contributed by atoms with Gasteiger partial charge in [-0.25, -0.2) is 14.2 Å². The van der Waals surface area contributed by atoms with Crippen LogP contribution in [0.3, 0.4) is 0 Å². The van der Waals surface area contributed by atoms with Crippen LogP contribution in [0.5, 0.6) is 11.5 Å². The van der Waals surface area contributed by atoms with Crippen LogP contribution in [0.2, 0.25) is 0 Å². The first kappa shape index (κ1) is 22.4. The number of benzene rings is 1. The van der Waals surface area contributed by atoms with Crippen molar-refractivity contribution in [2.24, 2.45) is 0 Å². The van der Waals surface area contributed by atoms with Gasteiger partial charge < -0.3 is 15.2 Å². The number of amides is 1. The van der Waals surface area contributed by atoms with Crippen molar-refractivity contribution in [1.29, 1.82) is 0 Å². The normalized spacial score (nSPS) is 11.0. The number of nitrogen functional groups attached to an aromatic ring is 1. The molecule has 0 unspecified atom stereocenters. The highest BCUT2D eigenvalue weighted by atomic mass is 19.1. The molecule has 1 aromatic carbocycles. The number of ether oxygens (including phenoxy) is 2. The van der Waals surface area contributed by atoms with E-state index >= 15 is 0 Å². The van der Waals surface area contributed by atoms with Crippen molar-refractivity contribution in [3.63, 3.8) is 0 Å². The molecular formula is C21H20FN5O5. The zero-order chi connectivity index (χ0) is 23.5. The van der Waals surface area contributed by atoms with Gasteiger partial charge in [0.2, 0.25) is 0 Å². The van der Waals surface area contributed by atoms with Crippen LogP contribution in [0.15, 0.2) is 48.8 Å². The number of hydrogen-bond donors (Lipinski definition) is 2. The Hall–Kier alpha value is -4.28. The Kier molecular flexibility index (Phi) is 6.19. The van der Waals surface area contributed by atoms with Gasteiger partial charge in [-0.1, -0.05) is 0 Å². The molecule has 0 saturated heterocycles. The van der Waals surface area contributed by atoms with Crippen molar-refractivity contribution in [1.82, 2.24) is 9.97 Å². The van der Waals surface area contributed by atoms with E-state index in [1.54, 1.807) is 32.9 Å². The monoisotopic (exact) mass is 441 g/mol. The van der Waals surface area contributed by atoms with Crippen LogP contribution in [0, 0.1) is 15.9 Å². The summed E-state index contributed by atoms with van der Waals surface area (Å²) in [4.78, 5) is 30.3. The quantitative estimate of drug-likeness (QED) is 0.420. The molecule has 166 valence electrons. The average molecular weight is 441 g/mol. The van der Waals surface area contributed by atoms with Crippen molar-refractivity contribution in [2.75, 3.05) is 11.1 Å². The second-order valence-electron chi connectivity index (χ2n) is 7.60. The molecule has 3 rings (SSSR count). The number of anilines is 2. The number of carbonyl (C=O) groups is 1. The summed E-state index contributed by atoms with van der Waals surface area (Å²) in [5.41, 5.74) is 5.96. The van der Waals surface area contributed by atoms with Crippen molar-refractivity contribution in [3.8, 4) is 22.8 Å². The molecule has 0 aliphatic heterocycles. The number of halogens is 1. The van der Waals surface area contributed by atoms with Crippen molar-refractivity contribution >= 4 is 23.3 Å². The predicted octanol–water partition coefficient (Wildman–Crippen LogP) is 4.91. The van der Waals surface area contributed by atoms with E-state index in [0.29, 0.717) is 11.4 Å². The van der Waals surface area contributed by atoms with Gasteiger partial charge in [0.25, 0.3) is 5.69 Å². The van der Waals surface area contributed by atoms with Crippen molar-refractivity contribution in [2.45, 2.75) is 26.4 Å². The Labute approximate surface area is 182 Å². The summed E-state index contributed by atoms with van der Waals surface area (Å²) >= 11 is 0. The third-order valence-corrected chi connectivity index (χ3v) is 3.95. The molecule has 0 aliphatic carbocycles. The third-order valence-electron chi connectivity index (χ3n) is 3.95. The first-order valence-corrected chi connectivity index (χ1v) is 9.36. The molecule has 3 N–H and O–H groups in total. The van der Waals surface area contributed by atoms with Crippen molar-refractivity contribution in [3.05, 3.63) is 64.7 Å². The summed E-state index contributed by atoms with van der Waals surface area (Å²) in [6.07, 6.45) is 2.13. The molecule has 10 nitrogen and oxygen atoms in total. The highest BCUT2D eigenvalue weighted by Crippen LogP contribution is 2.37. The Morgan fingerprint density at radius 3 is 2.50 bits per heavy atom.